The number of nitrogens with zero attached hydrogens (tertiary/aromatic N) is 2. The van der Waals surface area contributed by atoms with E-state index in [0.717, 1.165) is 4.88 Å². The molecule has 0 aliphatic rings. The molecule has 0 unspecified atom stereocenters. The van der Waals surface area contributed by atoms with Gasteiger partial charge in [0.1, 0.15) is 0 Å². The number of carbonyl (C=O) groups is 1. The molecule has 0 bridgehead atoms. The van der Waals surface area contributed by atoms with Gasteiger partial charge < -0.3 is 9.52 Å². The van der Waals surface area contributed by atoms with Gasteiger partial charge >= 0.3 is 5.97 Å². The first kappa shape index (κ1) is 13.8. The molecule has 0 saturated heterocycles. The molecule has 0 fully saturated rings. The van der Waals surface area contributed by atoms with Gasteiger partial charge in [0.25, 0.3) is 5.89 Å². The molecule has 0 amide bonds. The Bertz CT molecular complexity index is 753. The van der Waals surface area contributed by atoms with E-state index in [1.807, 2.05) is 17.5 Å². The standard InChI is InChI=1S/C14H10N2O3S2/c17-14(18)9-4-1-2-5-10(9)21-8-12-15-16-13(19-12)11-6-3-7-20-11/h1-7H,8H2,(H,17,18). The number of hydrogen-bond acceptors (Lipinski definition) is 6. The predicted molar refractivity (Wildman–Crippen MR) is 80.6 cm³/mol. The summed E-state index contributed by atoms with van der Waals surface area (Å²) in [6.07, 6.45) is 0. The number of carboxylic acids is 1. The van der Waals surface area contributed by atoms with Crippen molar-refractivity contribution < 1.29 is 14.3 Å². The Morgan fingerprint density at radius 2 is 2.10 bits per heavy atom. The second kappa shape index (κ2) is 6.11. The van der Waals surface area contributed by atoms with Crippen molar-refractivity contribution in [3.8, 4) is 10.8 Å². The SMILES string of the molecule is O=C(O)c1ccccc1SCc1nnc(-c2cccs2)o1. The van der Waals surface area contributed by atoms with Crippen LogP contribution < -0.4 is 0 Å². The van der Waals surface area contributed by atoms with Crippen LogP contribution in [0.2, 0.25) is 0 Å². The van der Waals surface area contributed by atoms with E-state index in [2.05, 4.69) is 10.2 Å². The maximum absolute atomic E-state index is 11.1. The molecular weight excluding hydrogens is 308 g/mol. The fourth-order valence-electron chi connectivity index (χ4n) is 1.72. The summed E-state index contributed by atoms with van der Waals surface area (Å²) in [6, 6.07) is 10.7. The van der Waals surface area contributed by atoms with Gasteiger partial charge in [-0.15, -0.1) is 33.3 Å². The van der Waals surface area contributed by atoms with Crippen molar-refractivity contribution in [2.24, 2.45) is 0 Å². The van der Waals surface area contributed by atoms with Crippen molar-refractivity contribution >= 4 is 29.1 Å². The number of benzene rings is 1. The highest BCUT2D eigenvalue weighted by atomic mass is 32.2. The Morgan fingerprint density at radius 3 is 2.86 bits per heavy atom. The predicted octanol–water partition coefficient (Wildman–Crippen LogP) is 3.79. The first-order valence-corrected chi connectivity index (χ1v) is 7.92. The molecule has 2 heterocycles. The van der Waals surface area contributed by atoms with Crippen molar-refractivity contribution in [2.45, 2.75) is 10.6 Å². The second-order valence-corrected chi connectivity index (χ2v) is 6.03. The Balaban J connectivity index is 1.73. The van der Waals surface area contributed by atoms with Crippen LogP contribution in [0, 0.1) is 0 Å². The zero-order valence-electron chi connectivity index (χ0n) is 10.7. The molecule has 7 heteroatoms. The van der Waals surface area contributed by atoms with E-state index < -0.39 is 5.97 Å². The molecular formula is C14H10N2O3S2. The normalized spacial score (nSPS) is 10.7. The van der Waals surface area contributed by atoms with Gasteiger partial charge in [0.15, 0.2) is 0 Å². The molecule has 3 rings (SSSR count). The molecule has 2 aromatic heterocycles. The number of aromatic carboxylic acids is 1. The maximum Gasteiger partial charge on any atom is 0.336 e. The molecule has 0 spiro atoms. The number of rotatable bonds is 5. The molecule has 0 radical (unpaired) electrons. The van der Waals surface area contributed by atoms with Crippen LogP contribution in [-0.4, -0.2) is 21.3 Å². The average molecular weight is 318 g/mol. The lowest BCUT2D eigenvalue weighted by molar-refractivity contribution is 0.0693. The quantitative estimate of drug-likeness (QED) is 0.721. The van der Waals surface area contributed by atoms with Crippen LogP contribution in [0.4, 0.5) is 0 Å². The summed E-state index contributed by atoms with van der Waals surface area (Å²) in [5.41, 5.74) is 0.278. The van der Waals surface area contributed by atoms with Crippen LogP contribution in [0.5, 0.6) is 0 Å². The summed E-state index contributed by atoms with van der Waals surface area (Å²) < 4.78 is 5.57. The third-order valence-corrected chi connectivity index (χ3v) is 4.58. The van der Waals surface area contributed by atoms with Gasteiger partial charge in [0.05, 0.1) is 16.2 Å². The van der Waals surface area contributed by atoms with E-state index in [4.69, 9.17) is 9.52 Å². The van der Waals surface area contributed by atoms with E-state index >= 15 is 0 Å². The van der Waals surface area contributed by atoms with Gasteiger partial charge in [-0.1, -0.05) is 18.2 Å². The fraction of sp³-hybridized carbons (Fsp3) is 0.0714. The number of thioether (sulfide) groups is 1. The lowest BCUT2D eigenvalue weighted by Gasteiger charge is -2.03. The van der Waals surface area contributed by atoms with Crippen molar-refractivity contribution in [1.29, 1.82) is 0 Å². The van der Waals surface area contributed by atoms with Gasteiger partial charge in [-0.25, -0.2) is 4.79 Å². The Hall–Kier alpha value is -2.12. The fourth-order valence-corrected chi connectivity index (χ4v) is 3.25. The van der Waals surface area contributed by atoms with E-state index in [-0.39, 0.29) is 5.56 Å². The number of aromatic nitrogens is 2. The van der Waals surface area contributed by atoms with Crippen LogP contribution in [0.15, 0.2) is 51.1 Å². The third-order valence-electron chi connectivity index (χ3n) is 2.67. The van der Waals surface area contributed by atoms with Crippen LogP contribution in [-0.2, 0) is 5.75 Å². The summed E-state index contributed by atoms with van der Waals surface area (Å²) in [5, 5.41) is 19.0. The minimum Gasteiger partial charge on any atom is -0.478 e. The van der Waals surface area contributed by atoms with E-state index in [0.29, 0.717) is 22.4 Å². The number of hydrogen-bond donors (Lipinski definition) is 1. The molecule has 1 aromatic carbocycles. The van der Waals surface area contributed by atoms with Crippen molar-refractivity contribution in [2.75, 3.05) is 0 Å². The molecule has 0 aliphatic heterocycles. The van der Waals surface area contributed by atoms with Crippen LogP contribution in [0.1, 0.15) is 16.2 Å². The monoisotopic (exact) mass is 318 g/mol. The molecule has 3 aromatic rings. The zero-order valence-corrected chi connectivity index (χ0v) is 12.4. The zero-order chi connectivity index (χ0) is 14.7. The first-order chi connectivity index (χ1) is 10.2. The maximum atomic E-state index is 11.1. The Morgan fingerprint density at radius 1 is 1.24 bits per heavy atom. The third kappa shape index (κ3) is 3.14. The second-order valence-electron chi connectivity index (χ2n) is 4.07. The van der Waals surface area contributed by atoms with Crippen molar-refractivity contribution in [3.63, 3.8) is 0 Å². The highest BCUT2D eigenvalue weighted by Crippen LogP contribution is 2.28. The topological polar surface area (TPSA) is 76.2 Å². The van der Waals surface area contributed by atoms with Crippen LogP contribution >= 0.6 is 23.1 Å². The first-order valence-electron chi connectivity index (χ1n) is 6.05. The van der Waals surface area contributed by atoms with Crippen molar-refractivity contribution in [3.05, 3.63) is 53.2 Å². The smallest absolute Gasteiger partial charge is 0.336 e. The van der Waals surface area contributed by atoms with Crippen LogP contribution in [0.25, 0.3) is 10.8 Å². The van der Waals surface area contributed by atoms with E-state index in [1.165, 1.54) is 23.1 Å². The van der Waals surface area contributed by atoms with Crippen molar-refractivity contribution in [1.82, 2.24) is 10.2 Å². The Labute approximate surface area is 128 Å². The molecule has 21 heavy (non-hydrogen) atoms. The molecule has 1 N–H and O–H groups in total. The summed E-state index contributed by atoms with van der Waals surface area (Å²) in [4.78, 5) is 12.7. The number of thiophene rings is 1. The lowest BCUT2D eigenvalue weighted by Crippen LogP contribution is -1.98. The highest BCUT2D eigenvalue weighted by Gasteiger charge is 2.13. The highest BCUT2D eigenvalue weighted by molar-refractivity contribution is 7.98. The minimum atomic E-state index is -0.942. The van der Waals surface area contributed by atoms with Crippen LogP contribution in [0.3, 0.4) is 0 Å². The largest absolute Gasteiger partial charge is 0.478 e. The van der Waals surface area contributed by atoms with Gasteiger partial charge in [0, 0.05) is 4.90 Å². The molecule has 0 aliphatic carbocycles. The van der Waals surface area contributed by atoms with Gasteiger partial charge in [0.2, 0.25) is 5.89 Å². The number of carboxylic acid groups (broad SMARTS) is 1. The van der Waals surface area contributed by atoms with Gasteiger partial charge in [-0.05, 0) is 23.6 Å². The molecule has 106 valence electrons. The molecule has 0 saturated carbocycles. The summed E-state index contributed by atoms with van der Waals surface area (Å²) >= 11 is 2.89. The van der Waals surface area contributed by atoms with E-state index in [9.17, 15) is 4.79 Å². The minimum absolute atomic E-state index is 0.278. The lowest BCUT2D eigenvalue weighted by atomic mass is 10.2. The summed E-state index contributed by atoms with van der Waals surface area (Å²) in [5.74, 6) is 0.460. The van der Waals surface area contributed by atoms with Gasteiger partial charge in [-0.3, -0.25) is 0 Å². The Kier molecular flexibility index (Phi) is 4.03. The average Bonchev–Trinajstić information content (AvgIpc) is 3.16. The molecule has 0 atom stereocenters. The summed E-state index contributed by atoms with van der Waals surface area (Å²) in [6.45, 7) is 0. The summed E-state index contributed by atoms with van der Waals surface area (Å²) in [7, 11) is 0. The van der Waals surface area contributed by atoms with Gasteiger partial charge in [-0.2, -0.15) is 0 Å². The van der Waals surface area contributed by atoms with E-state index in [1.54, 1.807) is 24.3 Å². The molecule has 5 nitrogen and oxygen atoms in total.